The van der Waals surface area contributed by atoms with Crippen LogP contribution >= 0.6 is 12.0 Å². The Morgan fingerprint density at radius 2 is 1.32 bits per heavy atom. The van der Waals surface area contributed by atoms with Gasteiger partial charge in [0.15, 0.2) is 0 Å². The number of hydrogen-bond donors (Lipinski definition) is 2. The zero-order chi connectivity index (χ0) is 18.7. The summed E-state index contributed by atoms with van der Waals surface area (Å²) in [7, 11) is -4.55. The van der Waals surface area contributed by atoms with Crippen molar-refractivity contribution in [2.24, 2.45) is 0 Å². The van der Waals surface area contributed by atoms with Gasteiger partial charge in [-0.2, -0.15) is 4.33 Å². The second-order valence-electron chi connectivity index (χ2n) is 5.05. The Hall–Kier alpha value is -0.410. The minimum absolute atomic E-state index is 0. The van der Waals surface area contributed by atoms with Crippen molar-refractivity contribution < 1.29 is 86.7 Å². The first-order chi connectivity index (χ1) is 12.4. The number of benzene rings is 2. The zero-order valence-electron chi connectivity index (χ0n) is 14.8. The molecule has 0 amide bonds. The molecule has 2 N–H and O–H groups in total. The van der Waals surface area contributed by atoms with Gasteiger partial charge in [0, 0.05) is 16.0 Å². The van der Waals surface area contributed by atoms with E-state index in [2.05, 4.69) is 19.3 Å². The number of rotatable bonds is 6. The Balaban J connectivity index is 0.00000196. The molecule has 9 nitrogen and oxygen atoms in total. The third kappa shape index (κ3) is 6.29. The number of imidazole rings is 1. The fourth-order valence-corrected chi connectivity index (χ4v) is 3.16. The van der Waals surface area contributed by atoms with E-state index in [-0.39, 0.29) is 64.0 Å². The van der Waals surface area contributed by atoms with E-state index in [1.807, 2.05) is 0 Å². The van der Waals surface area contributed by atoms with Crippen LogP contribution in [-0.2, 0) is 19.5 Å². The molecule has 0 unspecified atom stereocenters. The molecule has 0 bridgehead atoms. The average molecular weight is 440 g/mol. The SMILES string of the molecule is O=c1[nH]c(-c2ccc(SOO[O-])cc2)c(-c2ccc(S(=O)(=O)[O-])cc2)[nH]1.[Na+].[Na+]. The van der Waals surface area contributed by atoms with Gasteiger partial charge in [0.25, 0.3) is 0 Å². The number of nitrogens with one attached hydrogen (secondary N) is 2. The third-order valence-corrected chi connectivity index (χ3v) is 4.90. The van der Waals surface area contributed by atoms with Gasteiger partial charge in [0.1, 0.15) is 10.1 Å². The molecule has 28 heavy (non-hydrogen) atoms. The fourth-order valence-electron chi connectivity index (χ4n) is 2.33. The summed E-state index contributed by atoms with van der Waals surface area (Å²) in [5.74, 6) is 0. The summed E-state index contributed by atoms with van der Waals surface area (Å²) >= 11 is 0.733. The standard InChI is InChI=1S/C15H12N2O7S2.2Na/c18-15-16-13(9-1-5-11(6-2-9)25-24-23-19)14(17-15)10-3-7-12(8-4-10)26(20,21)22;;/h1-8,19H,(H2,16,17,18)(H,20,21,22);;/q;2*+1/p-2. The van der Waals surface area contributed by atoms with Crippen LogP contribution in [0, 0.1) is 0 Å². The second kappa shape index (κ2) is 11.1. The van der Waals surface area contributed by atoms with E-state index >= 15 is 0 Å². The Morgan fingerprint density at radius 1 is 0.857 bits per heavy atom. The minimum atomic E-state index is -4.55. The molecule has 0 aliphatic heterocycles. The summed E-state index contributed by atoms with van der Waals surface area (Å²) in [4.78, 5) is 17.3. The predicted octanol–water partition coefficient (Wildman–Crippen LogP) is -4.82. The van der Waals surface area contributed by atoms with Crippen LogP contribution in [0.3, 0.4) is 0 Å². The molecule has 0 aliphatic rings. The van der Waals surface area contributed by atoms with Crippen LogP contribution in [0.5, 0.6) is 0 Å². The molecule has 13 heteroatoms. The molecule has 0 atom stereocenters. The Labute approximate surface area is 208 Å². The molecule has 0 saturated heterocycles. The van der Waals surface area contributed by atoms with Gasteiger partial charge in [-0.15, -0.1) is 0 Å². The average Bonchev–Trinajstić information content (AvgIpc) is 3.01. The van der Waals surface area contributed by atoms with Crippen molar-refractivity contribution in [2.45, 2.75) is 9.79 Å². The Bertz CT molecular complexity index is 1070. The van der Waals surface area contributed by atoms with Gasteiger partial charge in [-0.1, -0.05) is 24.3 Å². The molecule has 3 aromatic rings. The van der Waals surface area contributed by atoms with Crippen LogP contribution in [0.1, 0.15) is 0 Å². The second-order valence-corrected chi connectivity index (χ2v) is 7.21. The van der Waals surface area contributed by atoms with Crippen molar-refractivity contribution in [2.75, 3.05) is 0 Å². The molecule has 0 saturated carbocycles. The monoisotopic (exact) mass is 440 g/mol. The van der Waals surface area contributed by atoms with E-state index in [1.54, 1.807) is 24.3 Å². The predicted molar refractivity (Wildman–Crippen MR) is 88.3 cm³/mol. The van der Waals surface area contributed by atoms with E-state index < -0.39 is 15.8 Å². The summed E-state index contributed by atoms with van der Waals surface area (Å²) in [6.07, 6.45) is 0. The van der Waals surface area contributed by atoms with Crippen molar-refractivity contribution in [3.8, 4) is 22.5 Å². The maximum absolute atomic E-state index is 11.8. The van der Waals surface area contributed by atoms with Crippen molar-refractivity contribution in [1.82, 2.24) is 9.97 Å². The Morgan fingerprint density at radius 3 is 1.75 bits per heavy atom. The van der Waals surface area contributed by atoms with Crippen molar-refractivity contribution in [1.29, 1.82) is 0 Å². The van der Waals surface area contributed by atoms with Crippen LogP contribution in [0.25, 0.3) is 22.5 Å². The van der Waals surface area contributed by atoms with Crippen LogP contribution < -0.4 is 70.1 Å². The van der Waals surface area contributed by atoms with Gasteiger partial charge < -0.3 is 19.8 Å². The van der Waals surface area contributed by atoms with E-state index in [0.29, 0.717) is 27.4 Å². The molecule has 1 heterocycles. The van der Waals surface area contributed by atoms with Crippen molar-refractivity contribution in [3.63, 3.8) is 0 Å². The molecule has 3 rings (SSSR count). The topological polar surface area (TPSA) is 147 Å². The smallest absolute Gasteiger partial charge is 0.744 e. The molecule has 0 radical (unpaired) electrons. The molecular weight excluding hydrogens is 430 g/mol. The van der Waals surface area contributed by atoms with Gasteiger partial charge in [-0.25, -0.2) is 13.2 Å². The molecule has 0 fully saturated rings. The van der Waals surface area contributed by atoms with Gasteiger partial charge >= 0.3 is 64.8 Å². The van der Waals surface area contributed by atoms with Gasteiger partial charge in [0.2, 0.25) is 0 Å². The van der Waals surface area contributed by atoms with E-state index in [9.17, 15) is 23.0 Å². The number of aromatic nitrogens is 2. The van der Waals surface area contributed by atoms with Crippen LogP contribution in [0.15, 0.2) is 63.1 Å². The number of H-pyrrole nitrogens is 2. The van der Waals surface area contributed by atoms with Gasteiger partial charge in [-0.05, 0) is 24.3 Å². The first-order valence-electron chi connectivity index (χ1n) is 7.01. The van der Waals surface area contributed by atoms with Crippen LogP contribution in [-0.4, -0.2) is 22.9 Å². The largest absolute Gasteiger partial charge is 1.00 e. The number of aromatic amines is 2. The molecule has 136 valence electrons. The summed E-state index contributed by atoms with van der Waals surface area (Å²) < 4.78 is 37.3. The summed E-state index contributed by atoms with van der Waals surface area (Å²) in [5, 5.41) is 13.1. The molecular formula is C15H10N2Na2O7S2. The first kappa shape index (κ1) is 25.6. The van der Waals surface area contributed by atoms with E-state index in [0.717, 1.165) is 12.0 Å². The maximum Gasteiger partial charge on any atom is 1.00 e. The normalized spacial score (nSPS) is 10.8. The quantitative estimate of drug-likeness (QED) is 0.128. The third-order valence-electron chi connectivity index (χ3n) is 3.46. The van der Waals surface area contributed by atoms with E-state index in [4.69, 9.17) is 0 Å². The van der Waals surface area contributed by atoms with Gasteiger partial charge in [0.05, 0.1) is 28.3 Å². The first-order valence-corrected chi connectivity index (χ1v) is 9.15. The van der Waals surface area contributed by atoms with Crippen molar-refractivity contribution >= 4 is 22.2 Å². The van der Waals surface area contributed by atoms with Crippen molar-refractivity contribution in [3.05, 3.63) is 59.0 Å². The summed E-state index contributed by atoms with van der Waals surface area (Å²) in [6.45, 7) is 0. The minimum Gasteiger partial charge on any atom is -0.744 e. The molecule has 0 aliphatic carbocycles. The molecule has 1 aromatic heterocycles. The Kier molecular flexibility index (Phi) is 10.2. The number of hydrogen-bond acceptors (Lipinski definition) is 8. The van der Waals surface area contributed by atoms with Crippen LogP contribution in [0.4, 0.5) is 0 Å². The van der Waals surface area contributed by atoms with Gasteiger partial charge in [-0.3, -0.25) is 5.04 Å². The van der Waals surface area contributed by atoms with E-state index in [1.165, 1.54) is 24.3 Å². The fraction of sp³-hybridized carbons (Fsp3) is 0. The van der Waals surface area contributed by atoms with Crippen LogP contribution in [0.2, 0.25) is 0 Å². The zero-order valence-corrected chi connectivity index (χ0v) is 20.4. The summed E-state index contributed by atoms with van der Waals surface area (Å²) in [5.41, 5.74) is 1.64. The summed E-state index contributed by atoms with van der Waals surface area (Å²) in [6, 6.07) is 11.9. The molecule has 2 aromatic carbocycles. The molecule has 0 spiro atoms. The maximum atomic E-state index is 11.8.